The number of thioether (sulfide) groups is 1. The van der Waals surface area contributed by atoms with E-state index in [9.17, 15) is 13.2 Å². The molecule has 8 nitrogen and oxygen atoms in total. The summed E-state index contributed by atoms with van der Waals surface area (Å²) < 4.78 is 26.8. The number of hydrogen-bond acceptors (Lipinski definition) is 6. The van der Waals surface area contributed by atoms with E-state index in [1.807, 2.05) is 13.8 Å². The number of H-pyrrole nitrogens is 1. The molecule has 2 aromatic rings. The minimum absolute atomic E-state index is 0.151. The minimum atomic E-state index is -3.55. The highest BCUT2D eigenvalue weighted by Crippen LogP contribution is 2.22. The van der Waals surface area contributed by atoms with Crippen molar-refractivity contribution in [3.05, 3.63) is 30.1 Å². The largest absolute Gasteiger partial charge is 0.325 e. The number of benzene rings is 1. The highest BCUT2D eigenvalue weighted by molar-refractivity contribution is 8.00. The van der Waals surface area contributed by atoms with Gasteiger partial charge in [-0.15, -0.1) is 5.10 Å². The summed E-state index contributed by atoms with van der Waals surface area (Å²) >= 11 is 1.25. The van der Waals surface area contributed by atoms with Gasteiger partial charge in [-0.05, 0) is 45.0 Å². The summed E-state index contributed by atoms with van der Waals surface area (Å²) in [6, 6.07) is 5.85. The van der Waals surface area contributed by atoms with Gasteiger partial charge in [0.2, 0.25) is 21.1 Å². The number of nitrogens with zero attached hydrogens (tertiary/aromatic N) is 2. The van der Waals surface area contributed by atoms with E-state index in [-0.39, 0.29) is 22.8 Å². The second-order valence-electron chi connectivity index (χ2n) is 6.71. The Morgan fingerprint density at radius 1 is 1.11 bits per heavy atom. The molecule has 0 saturated heterocycles. The third-order valence-corrected chi connectivity index (χ3v) is 6.14. The second-order valence-corrected chi connectivity index (χ2v) is 9.73. The minimum Gasteiger partial charge on any atom is -0.325 e. The Kier molecular flexibility index (Phi) is 7.01. The Hall–Kier alpha value is -1.91. The van der Waals surface area contributed by atoms with Crippen molar-refractivity contribution in [1.82, 2.24) is 19.9 Å². The van der Waals surface area contributed by atoms with Crippen LogP contribution in [0.15, 0.2) is 34.3 Å². The van der Waals surface area contributed by atoms with Gasteiger partial charge in [-0.25, -0.2) is 18.1 Å². The molecule has 1 aromatic carbocycles. The molecule has 10 heteroatoms. The molecule has 0 aliphatic heterocycles. The standard InChI is InChI=1S/C17H25N5O3S2/c1-10(2)15-19-17(21-20-15)26-12(5)16(23)18-13-6-8-14(9-7-13)27(24,25)22-11(3)4/h6-12,22H,1-5H3,(H,18,23)(H,19,20,21)/t12-/m1/s1. The number of nitrogens with one attached hydrogen (secondary N) is 3. The van der Waals surface area contributed by atoms with Gasteiger partial charge in [0.25, 0.3) is 0 Å². The molecule has 0 aliphatic carbocycles. The molecular weight excluding hydrogens is 386 g/mol. The van der Waals surface area contributed by atoms with E-state index in [0.717, 1.165) is 5.82 Å². The van der Waals surface area contributed by atoms with Gasteiger partial charge >= 0.3 is 0 Å². The van der Waals surface area contributed by atoms with Crippen LogP contribution in [0.5, 0.6) is 0 Å². The zero-order chi connectivity index (χ0) is 20.2. The van der Waals surface area contributed by atoms with Crippen LogP contribution in [0, 0.1) is 0 Å². The highest BCUT2D eigenvalue weighted by atomic mass is 32.2. The van der Waals surface area contributed by atoms with E-state index in [0.29, 0.717) is 10.8 Å². The number of carbonyl (C=O) groups is 1. The van der Waals surface area contributed by atoms with Gasteiger partial charge in [0.15, 0.2) is 0 Å². The first-order chi connectivity index (χ1) is 12.6. The molecule has 1 heterocycles. The Labute approximate surface area is 164 Å². The Morgan fingerprint density at radius 3 is 2.26 bits per heavy atom. The van der Waals surface area contributed by atoms with Gasteiger partial charge < -0.3 is 5.32 Å². The number of carbonyl (C=O) groups excluding carboxylic acids is 1. The number of anilines is 1. The quantitative estimate of drug-likeness (QED) is 0.575. The molecule has 2 rings (SSSR count). The van der Waals surface area contributed by atoms with Crippen molar-refractivity contribution >= 4 is 33.4 Å². The van der Waals surface area contributed by atoms with Crippen LogP contribution >= 0.6 is 11.8 Å². The first-order valence-corrected chi connectivity index (χ1v) is 11.0. The summed E-state index contributed by atoms with van der Waals surface area (Å²) in [6.45, 7) is 9.28. The number of aromatic amines is 1. The molecule has 0 fully saturated rings. The molecule has 1 atom stereocenters. The van der Waals surface area contributed by atoms with Gasteiger partial charge in [0, 0.05) is 17.6 Å². The van der Waals surface area contributed by atoms with Crippen molar-refractivity contribution in [1.29, 1.82) is 0 Å². The van der Waals surface area contributed by atoms with Crippen LogP contribution in [0.2, 0.25) is 0 Å². The molecule has 148 valence electrons. The molecule has 1 aromatic heterocycles. The smallest absolute Gasteiger partial charge is 0.240 e. The SMILES string of the molecule is CC(C)NS(=O)(=O)c1ccc(NC(=O)[C@@H](C)Sc2n[nH]c(C(C)C)n2)cc1. The second kappa shape index (κ2) is 8.85. The molecule has 3 N–H and O–H groups in total. The molecule has 27 heavy (non-hydrogen) atoms. The maximum Gasteiger partial charge on any atom is 0.240 e. The predicted octanol–water partition coefficient (Wildman–Crippen LogP) is 2.73. The van der Waals surface area contributed by atoms with Gasteiger partial charge in [0.1, 0.15) is 5.82 Å². The topological polar surface area (TPSA) is 117 Å². The van der Waals surface area contributed by atoms with E-state index in [1.54, 1.807) is 32.9 Å². The van der Waals surface area contributed by atoms with Crippen LogP contribution < -0.4 is 10.0 Å². The van der Waals surface area contributed by atoms with Crippen LogP contribution in [0.3, 0.4) is 0 Å². The fourth-order valence-corrected chi connectivity index (χ4v) is 4.10. The van der Waals surface area contributed by atoms with E-state index < -0.39 is 15.3 Å². The van der Waals surface area contributed by atoms with Crippen LogP contribution in [-0.2, 0) is 14.8 Å². The lowest BCUT2D eigenvalue weighted by atomic mass is 10.2. The highest BCUT2D eigenvalue weighted by Gasteiger charge is 2.19. The van der Waals surface area contributed by atoms with Crippen LogP contribution in [0.25, 0.3) is 0 Å². The number of aromatic nitrogens is 3. The lowest BCUT2D eigenvalue weighted by molar-refractivity contribution is -0.115. The monoisotopic (exact) mass is 411 g/mol. The van der Waals surface area contributed by atoms with Crippen LogP contribution in [0.4, 0.5) is 5.69 Å². The van der Waals surface area contributed by atoms with Crippen molar-refractivity contribution in [2.24, 2.45) is 0 Å². The Morgan fingerprint density at radius 2 is 1.74 bits per heavy atom. The third kappa shape index (κ3) is 6.05. The fourth-order valence-electron chi connectivity index (χ4n) is 2.12. The summed E-state index contributed by atoms with van der Waals surface area (Å²) in [4.78, 5) is 16.9. The van der Waals surface area contributed by atoms with Gasteiger partial charge in [-0.3, -0.25) is 9.89 Å². The Balaban J connectivity index is 1.98. The van der Waals surface area contributed by atoms with Crippen molar-refractivity contribution in [2.45, 2.75) is 61.9 Å². The molecule has 0 spiro atoms. The molecule has 0 bridgehead atoms. The van der Waals surface area contributed by atoms with Crippen LogP contribution in [-0.4, -0.2) is 40.8 Å². The van der Waals surface area contributed by atoms with Gasteiger partial charge in [-0.2, -0.15) is 0 Å². The van der Waals surface area contributed by atoms with E-state index in [1.165, 1.54) is 23.9 Å². The zero-order valence-corrected chi connectivity index (χ0v) is 17.6. The fraction of sp³-hybridized carbons (Fsp3) is 0.471. The van der Waals surface area contributed by atoms with E-state index in [2.05, 4.69) is 25.2 Å². The summed E-state index contributed by atoms with van der Waals surface area (Å²) in [6.07, 6.45) is 0. The van der Waals surface area contributed by atoms with Gasteiger partial charge in [-0.1, -0.05) is 25.6 Å². The summed E-state index contributed by atoms with van der Waals surface area (Å²) in [5.41, 5.74) is 0.522. The van der Waals surface area contributed by atoms with Crippen molar-refractivity contribution in [2.75, 3.05) is 5.32 Å². The summed E-state index contributed by atoms with van der Waals surface area (Å²) in [5.74, 6) is 0.791. The maximum atomic E-state index is 12.4. The van der Waals surface area contributed by atoms with E-state index >= 15 is 0 Å². The molecule has 0 aliphatic rings. The maximum absolute atomic E-state index is 12.4. The van der Waals surface area contributed by atoms with E-state index in [4.69, 9.17) is 0 Å². The number of amides is 1. The summed E-state index contributed by atoms with van der Waals surface area (Å²) in [5, 5.41) is 9.83. The zero-order valence-electron chi connectivity index (χ0n) is 16.0. The normalized spacial score (nSPS) is 13.1. The van der Waals surface area contributed by atoms with Crippen LogP contribution in [0.1, 0.15) is 46.4 Å². The number of rotatable bonds is 8. The lowest BCUT2D eigenvalue weighted by Gasteiger charge is -2.12. The van der Waals surface area contributed by atoms with Crippen molar-refractivity contribution in [3.63, 3.8) is 0 Å². The van der Waals surface area contributed by atoms with Crippen molar-refractivity contribution in [3.8, 4) is 0 Å². The average Bonchev–Trinajstić information content (AvgIpc) is 3.03. The van der Waals surface area contributed by atoms with Crippen molar-refractivity contribution < 1.29 is 13.2 Å². The average molecular weight is 412 g/mol. The molecule has 0 radical (unpaired) electrons. The molecule has 1 amide bonds. The number of hydrogen-bond donors (Lipinski definition) is 3. The lowest BCUT2D eigenvalue weighted by Crippen LogP contribution is -2.30. The first kappa shape index (κ1) is 21.4. The molecular formula is C17H25N5O3S2. The number of sulfonamides is 1. The Bertz CT molecular complexity index is 876. The summed E-state index contributed by atoms with van der Waals surface area (Å²) in [7, 11) is -3.55. The first-order valence-electron chi connectivity index (χ1n) is 8.60. The molecule has 0 unspecified atom stereocenters. The predicted molar refractivity (Wildman–Crippen MR) is 106 cm³/mol. The third-order valence-electron chi connectivity index (χ3n) is 3.50. The van der Waals surface area contributed by atoms with Gasteiger partial charge in [0.05, 0.1) is 10.1 Å². The molecule has 0 saturated carbocycles.